The van der Waals surface area contributed by atoms with Gasteiger partial charge in [0.2, 0.25) is 0 Å². The van der Waals surface area contributed by atoms with Crippen molar-refractivity contribution in [1.82, 2.24) is 0 Å². The highest BCUT2D eigenvalue weighted by Crippen LogP contribution is 2.19. The SMILES string of the molecule is Cc1ccccc1N(C)CCOc1cccc(Br)c1. The summed E-state index contributed by atoms with van der Waals surface area (Å²) in [6, 6.07) is 16.3. The number of hydrogen-bond acceptors (Lipinski definition) is 2. The lowest BCUT2D eigenvalue weighted by Crippen LogP contribution is -2.24. The first kappa shape index (κ1) is 13.9. The van der Waals surface area contributed by atoms with Crippen molar-refractivity contribution in [3.63, 3.8) is 0 Å². The standard InChI is InChI=1S/C16H18BrNO/c1-13-6-3-4-9-16(13)18(2)10-11-19-15-8-5-7-14(17)12-15/h3-9,12H,10-11H2,1-2H3. The molecule has 2 aromatic rings. The van der Waals surface area contributed by atoms with Gasteiger partial charge in [-0.1, -0.05) is 40.2 Å². The van der Waals surface area contributed by atoms with Crippen molar-refractivity contribution in [2.24, 2.45) is 0 Å². The van der Waals surface area contributed by atoms with Crippen LogP contribution in [0.4, 0.5) is 5.69 Å². The number of hydrogen-bond donors (Lipinski definition) is 0. The van der Waals surface area contributed by atoms with Crippen LogP contribution in [0.25, 0.3) is 0 Å². The van der Waals surface area contributed by atoms with Gasteiger partial charge in [-0.2, -0.15) is 0 Å². The summed E-state index contributed by atoms with van der Waals surface area (Å²) in [6.07, 6.45) is 0. The number of aryl methyl sites for hydroxylation is 1. The third-order valence-corrected chi connectivity index (χ3v) is 3.51. The molecule has 100 valence electrons. The largest absolute Gasteiger partial charge is 0.492 e. The van der Waals surface area contributed by atoms with Crippen molar-refractivity contribution < 1.29 is 4.74 Å². The Balaban J connectivity index is 1.88. The van der Waals surface area contributed by atoms with Crippen LogP contribution in [0.2, 0.25) is 0 Å². The predicted molar refractivity (Wildman–Crippen MR) is 84.1 cm³/mol. The van der Waals surface area contributed by atoms with E-state index in [1.165, 1.54) is 11.3 Å². The zero-order chi connectivity index (χ0) is 13.7. The van der Waals surface area contributed by atoms with E-state index in [9.17, 15) is 0 Å². The average Bonchev–Trinajstić information content (AvgIpc) is 2.39. The maximum absolute atomic E-state index is 5.75. The summed E-state index contributed by atoms with van der Waals surface area (Å²) >= 11 is 3.44. The lowest BCUT2D eigenvalue weighted by Gasteiger charge is -2.21. The normalized spacial score (nSPS) is 10.3. The fourth-order valence-corrected chi connectivity index (χ4v) is 2.35. The van der Waals surface area contributed by atoms with E-state index in [1.54, 1.807) is 0 Å². The van der Waals surface area contributed by atoms with E-state index in [-0.39, 0.29) is 0 Å². The molecular formula is C16H18BrNO. The Kier molecular flexibility index (Phi) is 4.86. The molecule has 2 rings (SSSR count). The van der Waals surface area contributed by atoms with Gasteiger partial charge in [-0.25, -0.2) is 0 Å². The molecule has 3 heteroatoms. The lowest BCUT2D eigenvalue weighted by molar-refractivity contribution is 0.325. The highest BCUT2D eigenvalue weighted by Gasteiger charge is 2.03. The van der Waals surface area contributed by atoms with Crippen LogP contribution in [0, 0.1) is 6.92 Å². The van der Waals surface area contributed by atoms with E-state index in [2.05, 4.69) is 59.1 Å². The van der Waals surface area contributed by atoms with Crippen molar-refractivity contribution in [1.29, 1.82) is 0 Å². The molecule has 2 nitrogen and oxygen atoms in total. The van der Waals surface area contributed by atoms with E-state index in [0.29, 0.717) is 6.61 Å². The molecule has 0 saturated heterocycles. The first-order valence-electron chi connectivity index (χ1n) is 6.32. The van der Waals surface area contributed by atoms with Gasteiger partial charge < -0.3 is 9.64 Å². The number of benzene rings is 2. The fourth-order valence-electron chi connectivity index (χ4n) is 1.97. The summed E-state index contributed by atoms with van der Waals surface area (Å²) in [5.41, 5.74) is 2.53. The summed E-state index contributed by atoms with van der Waals surface area (Å²) in [6.45, 7) is 3.65. The third-order valence-electron chi connectivity index (χ3n) is 3.02. The highest BCUT2D eigenvalue weighted by molar-refractivity contribution is 9.10. The Labute approximate surface area is 123 Å². The Hall–Kier alpha value is -1.48. The van der Waals surface area contributed by atoms with Crippen molar-refractivity contribution in [2.75, 3.05) is 25.1 Å². The molecule has 0 atom stereocenters. The minimum absolute atomic E-state index is 0.668. The monoisotopic (exact) mass is 319 g/mol. The average molecular weight is 320 g/mol. The summed E-state index contributed by atoms with van der Waals surface area (Å²) in [7, 11) is 2.09. The zero-order valence-corrected chi connectivity index (χ0v) is 12.9. The van der Waals surface area contributed by atoms with Crippen molar-refractivity contribution in [3.05, 3.63) is 58.6 Å². The molecule has 2 aromatic carbocycles. The smallest absolute Gasteiger partial charge is 0.120 e. The number of likely N-dealkylation sites (N-methyl/N-ethyl adjacent to an activating group) is 1. The maximum Gasteiger partial charge on any atom is 0.120 e. The number of para-hydroxylation sites is 1. The van der Waals surface area contributed by atoms with Gasteiger partial charge in [-0.3, -0.25) is 0 Å². The van der Waals surface area contributed by atoms with E-state index in [4.69, 9.17) is 4.74 Å². The van der Waals surface area contributed by atoms with Crippen molar-refractivity contribution in [2.45, 2.75) is 6.92 Å². The van der Waals surface area contributed by atoms with E-state index in [1.807, 2.05) is 24.3 Å². The van der Waals surface area contributed by atoms with Crippen LogP contribution < -0.4 is 9.64 Å². The van der Waals surface area contributed by atoms with Crippen molar-refractivity contribution >= 4 is 21.6 Å². The second-order valence-electron chi connectivity index (χ2n) is 4.51. The van der Waals surface area contributed by atoms with Gasteiger partial charge in [0.25, 0.3) is 0 Å². The second-order valence-corrected chi connectivity index (χ2v) is 5.43. The Morgan fingerprint density at radius 1 is 1.11 bits per heavy atom. The first-order chi connectivity index (χ1) is 9.16. The Morgan fingerprint density at radius 3 is 2.63 bits per heavy atom. The zero-order valence-electron chi connectivity index (χ0n) is 11.3. The molecule has 0 unspecified atom stereocenters. The fraction of sp³-hybridized carbons (Fsp3) is 0.250. The van der Waals surface area contributed by atoms with Gasteiger partial charge in [0, 0.05) is 17.2 Å². The molecule has 0 fully saturated rings. The molecule has 0 saturated carbocycles. The van der Waals surface area contributed by atoms with Gasteiger partial charge in [-0.05, 0) is 36.8 Å². The maximum atomic E-state index is 5.75. The molecule has 0 aliphatic rings. The van der Waals surface area contributed by atoms with Crippen LogP contribution in [0.3, 0.4) is 0 Å². The number of rotatable bonds is 5. The summed E-state index contributed by atoms with van der Waals surface area (Å²) < 4.78 is 6.79. The van der Waals surface area contributed by atoms with E-state index >= 15 is 0 Å². The molecule has 0 spiro atoms. The van der Waals surface area contributed by atoms with E-state index in [0.717, 1.165) is 16.8 Å². The number of ether oxygens (including phenoxy) is 1. The van der Waals surface area contributed by atoms with Gasteiger partial charge >= 0.3 is 0 Å². The lowest BCUT2D eigenvalue weighted by atomic mass is 10.2. The first-order valence-corrected chi connectivity index (χ1v) is 7.11. The molecule has 0 bridgehead atoms. The summed E-state index contributed by atoms with van der Waals surface area (Å²) in [5.74, 6) is 0.896. The minimum atomic E-state index is 0.668. The Bertz CT molecular complexity index is 542. The van der Waals surface area contributed by atoms with Gasteiger partial charge in [0.15, 0.2) is 0 Å². The minimum Gasteiger partial charge on any atom is -0.492 e. The van der Waals surface area contributed by atoms with Crippen LogP contribution in [0.5, 0.6) is 5.75 Å². The highest BCUT2D eigenvalue weighted by atomic mass is 79.9. The topological polar surface area (TPSA) is 12.5 Å². The van der Waals surface area contributed by atoms with Crippen LogP contribution in [0.1, 0.15) is 5.56 Å². The van der Waals surface area contributed by atoms with Gasteiger partial charge in [-0.15, -0.1) is 0 Å². The molecule has 0 heterocycles. The van der Waals surface area contributed by atoms with Crippen LogP contribution in [-0.2, 0) is 0 Å². The van der Waals surface area contributed by atoms with Crippen LogP contribution in [0.15, 0.2) is 53.0 Å². The molecule has 0 radical (unpaired) electrons. The third kappa shape index (κ3) is 4.00. The number of halogens is 1. The molecule has 19 heavy (non-hydrogen) atoms. The predicted octanol–water partition coefficient (Wildman–Crippen LogP) is 4.27. The van der Waals surface area contributed by atoms with Crippen LogP contribution >= 0.6 is 15.9 Å². The molecule has 0 aromatic heterocycles. The van der Waals surface area contributed by atoms with Crippen LogP contribution in [-0.4, -0.2) is 20.2 Å². The molecule has 0 N–H and O–H groups in total. The summed E-state index contributed by atoms with van der Waals surface area (Å²) in [4.78, 5) is 2.22. The van der Waals surface area contributed by atoms with Gasteiger partial charge in [0.05, 0.1) is 6.54 Å². The number of anilines is 1. The summed E-state index contributed by atoms with van der Waals surface area (Å²) in [5, 5.41) is 0. The molecule has 0 aliphatic carbocycles. The quantitative estimate of drug-likeness (QED) is 0.816. The van der Waals surface area contributed by atoms with Gasteiger partial charge in [0.1, 0.15) is 12.4 Å². The number of nitrogens with zero attached hydrogens (tertiary/aromatic N) is 1. The molecule has 0 amide bonds. The Morgan fingerprint density at radius 2 is 1.89 bits per heavy atom. The van der Waals surface area contributed by atoms with Crippen molar-refractivity contribution in [3.8, 4) is 5.75 Å². The van der Waals surface area contributed by atoms with E-state index < -0.39 is 0 Å². The second kappa shape index (κ2) is 6.62. The molecule has 0 aliphatic heterocycles. The molecular weight excluding hydrogens is 302 g/mol.